The fourth-order valence-corrected chi connectivity index (χ4v) is 3.54. The predicted octanol–water partition coefficient (Wildman–Crippen LogP) is 2.47. The first-order valence-electron chi connectivity index (χ1n) is 5.52. The first kappa shape index (κ1) is 11.7. The number of hydrogen-bond donors (Lipinski definition) is 1. The van der Waals surface area contributed by atoms with Crippen LogP contribution in [-0.2, 0) is 0 Å². The van der Waals surface area contributed by atoms with E-state index in [1.165, 1.54) is 6.07 Å². The molecule has 0 bridgehead atoms. The van der Waals surface area contributed by atoms with Gasteiger partial charge in [0.25, 0.3) is 0 Å². The number of nitrogens with zero attached hydrogens (tertiary/aromatic N) is 1. The molecular weight excluding hydrogens is 223 g/mol. The highest BCUT2D eigenvalue weighted by molar-refractivity contribution is 8.00. The summed E-state index contributed by atoms with van der Waals surface area (Å²) in [6, 6.07) is 5.43. The summed E-state index contributed by atoms with van der Waals surface area (Å²) >= 11 is 1.75. The molecule has 0 radical (unpaired) electrons. The topological polar surface area (TPSA) is 29.3 Å². The average molecular weight is 240 g/mol. The molecule has 0 fully saturated rings. The third kappa shape index (κ3) is 2.04. The van der Waals surface area contributed by atoms with Crippen molar-refractivity contribution < 1.29 is 4.39 Å². The average Bonchev–Trinajstić information content (AvgIpc) is 2.25. The molecule has 88 valence electrons. The Morgan fingerprint density at radius 3 is 2.94 bits per heavy atom. The van der Waals surface area contributed by atoms with Gasteiger partial charge in [-0.2, -0.15) is 0 Å². The molecule has 2 atom stereocenters. The van der Waals surface area contributed by atoms with Gasteiger partial charge in [0.05, 0.1) is 5.69 Å². The minimum absolute atomic E-state index is 0.166. The van der Waals surface area contributed by atoms with Crippen molar-refractivity contribution in [1.82, 2.24) is 0 Å². The van der Waals surface area contributed by atoms with Crippen LogP contribution in [0.4, 0.5) is 10.1 Å². The fourth-order valence-electron chi connectivity index (χ4n) is 2.07. The Morgan fingerprint density at radius 2 is 2.25 bits per heavy atom. The minimum Gasteiger partial charge on any atom is -0.370 e. The van der Waals surface area contributed by atoms with Gasteiger partial charge >= 0.3 is 0 Å². The molecule has 0 aliphatic carbocycles. The van der Waals surface area contributed by atoms with Crippen LogP contribution >= 0.6 is 11.8 Å². The van der Waals surface area contributed by atoms with Crippen molar-refractivity contribution in [2.24, 2.45) is 5.73 Å². The molecule has 0 aromatic heterocycles. The highest BCUT2D eigenvalue weighted by Crippen LogP contribution is 2.42. The van der Waals surface area contributed by atoms with E-state index in [2.05, 4.69) is 18.9 Å². The van der Waals surface area contributed by atoms with Crippen molar-refractivity contribution in [3.05, 3.63) is 24.0 Å². The molecular formula is C12H17FN2S. The summed E-state index contributed by atoms with van der Waals surface area (Å²) in [7, 11) is 2.06. The van der Waals surface area contributed by atoms with Gasteiger partial charge in [0.2, 0.25) is 0 Å². The number of halogens is 1. The van der Waals surface area contributed by atoms with E-state index in [4.69, 9.17) is 5.73 Å². The van der Waals surface area contributed by atoms with E-state index in [9.17, 15) is 4.39 Å². The Morgan fingerprint density at radius 1 is 1.50 bits per heavy atom. The van der Waals surface area contributed by atoms with Crippen LogP contribution in [0, 0.1) is 5.82 Å². The highest BCUT2D eigenvalue weighted by atomic mass is 32.2. The number of benzene rings is 1. The molecule has 1 aliphatic rings. The van der Waals surface area contributed by atoms with Crippen LogP contribution in [0.15, 0.2) is 23.1 Å². The minimum atomic E-state index is -0.166. The molecule has 2 rings (SSSR count). The highest BCUT2D eigenvalue weighted by Gasteiger charge is 2.29. The zero-order valence-corrected chi connectivity index (χ0v) is 10.4. The smallest absolute Gasteiger partial charge is 0.124 e. The van der Waals surface area contributed by atoms with Gasteiger partial charge in [-0.3, -0.25) is 0 Å². The molecule has 2 nitrogen and oxygen atoms in total. The van der Waals surface area contributed by atoms with E-state index in [0.29, 0.717) is 17.8 Å². The van der Waals surface area contributed by atoms with Crippen LogP contribution < -0.4 is 10.6 Å². The van der Waals surface area contributed by atoms with Gasteiger partial charge in [0.1, 0.15) is 5.82 Å². The Labute approximate surface area is 100 Å². The molecule has 0 amide bonds. The van der Waals surface area contributed by atoms with Crippen molar-refractivity contribution in [3.63, 3.8) is 0 Å². The Kier molecular flexibility index (Phi) is 3.40. The third-order valence-corrected chi connectivity index (χ3v) is 4.69. The molecule has 0 saturated carbocycles. The molecule has 0 saturated heterocycles. The van der Waals surface area contributed by atoms with Crippen molar-refractivity contribution in [3.8, 4) is 0 Å². The Hall–Kier alpha value is -0.740. The molecule has 16 heavy (non-hydrogen) atoms. The van der Waals surface area contributed by atoms with Crippen molar-refractivity contribution in [2.45, 2.75) is 29.5 Å². The van der Waals surface area contributed by atoms with E-state index in [1.807, 2.05) is 6.07 Å². The Balaban J connectivity index is 2.32. The molecule has 4 heteroatoms. The lowest BCUT2D eigenvalue weighted by Crippen LogP contribution is -2.41. The number of hydrogen-bond acceptors (Lipinski definition) is 3. The van der Waals surface area contributed by atoms with Crippen LogP contribution in [0.2, 0.25) is 0 Å². The largest absolute Gasteiger partial charge is 0.370 e. The van der Waals surface area contributed by atoms with Crippen molar-refractivity contribution in [2.75, 3.05) is 18.5 Å². The maximum Gasteiger partial charge on any atom is 0.124 e. The van der Waals surface area contributed by atoms with E-state index >= 15 is 0 Å². The van der Waals surface area contributed by atoms with Crippen LogP contribution in [-0.4, -0.2) is 24.9 Å². The van der Waals surface area contributed by atoms with Gasteiger partial charge < -0.3 is 10.6 Å². The van der Waals surface area contributed by atoms with E-state index in [0.717, 1.165) is 17.0 Å². The monoisotopic (exact) mass is 240 g/mol. The van der Waals surface area contributed by atoms with Crippen LogP contribution in [0.3, 0.4) is 0 Å². The lowest BCUT2D eigenvalue weighted by Gasteiger charge is -2.39. The first-order valence-corrected chi connectivity index (χ1v) is 6.40. The normalized spacial score (nSPS) is 24.4. The Bertz CT molecular complexity index is 383. The second-order valence-electron chi connectivity index (χ2n) is 4.20. The number of fused-ring (bicyclic) bond motifs is 1. The summed E-state index contributed by atoms with van der Waals surface area (Å²) in [5.41, 5.74) is 6.73. The maximum atomic E-state index is 13.2. The van der Waals surface area contributed by atoms with Gasteiger partial charge in [0.15, 0.2) is 0 Å². The number of rotatable bonds is 2. The predicted molar refractivity (Wildman–Crippen MR) is 67.6 cm³/mol. The molecule has 1 heterocycles. The van der Waals surface area contributed by atoms with Gasteiger partial charge in [0, 0.05) is 23.2 Å². The molecule has 1 aliphatic heterocycles. The van der Waals surface area contributed by atoms with E-state index in [-0.39, 0.29) is 5.82 Å². The SMILES string of the molecule is CC1C(CCN)Sc2cc(F)ccc2N1C. The lowest BCUT2D eigenvalue weighted by atomic mass is 10.1. The second-order valence-corrected chi connectivity index (χ2v) is 5.48. The summed E-state index contributed by atoms with van der Waals surface area (Å²) in [6.45, 7) is 2.88. The van der Waals surface area contributed by atoms with Crippen LogP contribution in [0.25, 0.3) is 0 Å². The first-order chi connectivity index (χ1) is 7.63. The van der Waals surface area contributed by atoms with Crippen LogP contribution in [0.5, 0.6) is 0 Å². The standard InChI is InChI=1S/C12H17FN2S/c1-8-11(5-6-14)16-12-7-9(13)3-4-10(12)15(8)2/h3-4,7-8,11H,5-6,14H2,1-2H3. The zero-order valence-electron chi connectivity index (χ0n) is 9.61. The van der Waals surface area contributed by atoms with E-state index < -0.39 is 0 Å². The third-order valence-electron chi connectivity index (χ3n) is 3.18. The molecule has 2 unspecified atom stereocenters. The van der Waals surface area contributed by atoms with Gasteiger partial charge in [-0.15, -0.1) is 11.8 Å². The number of anilines is 1. The van der Waals surface area contributed by atoms with Crippen molar-refractivity contribution in [1.29, 1.82) is 0 Å². The lowest BCUT2D eigenvalue weighted by molar-refractivity contribution is 0.595. The summed E-state index contributed by atoms with van der Waals surface area (Å²) in [5, 5.41) is 0.448. The van der Waals surface area contributed by atoms with Gasteiger partial charge in [-0.1, -0.05) is 0 Å². The fraction of sp³-hybridized carbons (Fsp3) is 0.500. The quantitative estimate of drug-likeness (QED) is 0.861. The summed E-state index contributed by atoms with van der Waals surface area (Å²) in [4.78, 5) is 3.24. The zero-order chi connectivity index (χ0) is 11.7. The molecule has 1 aromatic rings. The number of thioether (sulfide) groups is 1. The molecule has 1 aromatic carbocycles. The maximum absolute atomic E-state index is 13.2. The number of nitrogens with two attached hydrogens (primary N) is 1. The van der Waals surface area contributed by atoms with Gasteiger partial charge in [-0.05, 0) is 38.1 Å². The summed E-state index contributed by atoms with van der Waals surface area (Å²) in [6.07, 6.45) is 0.964. The van der Waals surface area contributed by atoms with Crippen molar-refractivity contribution >= 4 is 17.4 Å². The second kappa shape index (κ2) is 4.63. The summed E-state index contributed by atoms with van der Waals surface area (Å²) in [5.74, 6) is -0.166. The molecule has 2 N–H and O–H groups in total. The molecule has 0 spiro atoms. The van der Waals surface area contributed by atoms with Gasteiger partial charge in [-0.25, -0.2) is 4.39 Å². The summed E-state index contributed by atoms with van der Waals surface area (Å²) < 4.78 is 13.2. The van der Waals surface area contributed by atoms with E-state index in [1.54, 1.807) is 17.8 Å². The van der Waals surface area contributed by atoms with Crippen LogP contribution in [0.1, 0.15) is 13.3 Å².